The first-order chi connectivity index (χ1) is 5.89. The van der Waals surface area contributed by atoms with E-state index in [0.29, 0.717) is 5.75 Å². The number of aromatic hydroxyl groups is 1. The average Bonchev–Trinajstić information content (AvgIpc) is 2.62. The van der Waals surface area contributed by atoms with Crippen LogP contribution in [0.3, 0.4) is 0 Å². The first-order valence-corrected chi connectivity index (χ1v) is 3.85. The number of rotatable bonds is 0. The maximum absolute atomic E-state index is 8.63. The van der Waals surface area contributed by atoms with E-state index in [0.717, 1.165) is 6.42 Å². The zero-order chi connectivity index (χ0) is 8.65. The van der Waals surface area contributed by atoms with Crippen molar-refractivity contribution in [2.24, 2.45) is 0 Å². The molecule has 0 aromatic heterocycles. The maximum atomic E-state index is 8.63. The van der Waals surface area contributed by atoms with Crippen molar-refractivity contribution in [3.63, 3.8) is 0 Å². The maximum Gasteiger partial charge on any atom is 0.115 e. The van der Waals surface area contributed by atoms with Gasteiger partial charge in [0.15, 0.2) is 0 Å². The van der Waals surface area contributed by atoms with Gasteiger partial charge in [0.05, 0.1) is 0 Å². The van der Waals surface area contributed by atoms with E-state index in [-0.39, 0.29) is 58.9 Å². The van der Waals surface area contributed by atoms with Gasteiger partial charge in [-0.2, -0.15) is 6.08 Å². The Labute approximate surface area is 131 Å². The third kappa shape index (κ3) is 20.6. The minimum absolute atomic E-state index is 0. The summed E-state index contributed by atoms with van der Waals surface area (Å²) in [6.45, 7) is 0. The predicted octanol–water partition coefficient (Wildman–Crippen LogP) is 4.95. The molecule has 0 spiro atoms. The molecule has 0 unspecified atom stereocenters. The van der Waals surface area contributed by atoms with Gasteiger partial charge in [-0.15, -0.1) is 6.42 Å². The molecule has 1 aliphatic rings. The zero-order valence-corrected chi connectivity index (χ0v) is 13.8. The Bertz CT molecular complexity index is 256. The fourth-order valence-corrected chi connectivity index (χ4v) is 0.768. The number of phenols is 1. The molecule has 106 valence electrons. The molecule has 1 aliphatic carbocycles. The molecule has 0 atom stereocenters. The molecule has 0 bridgehead atoms. The Morgan fingerprint density at radius 1 is 0.889 bits per heavy atom. The largest absolute Gasteiger partial charge is 0.508 e. The number of phenolic OH excluding ortho intramolecular Hbond substituents is 1. The van der Waals surface area contributed by atoms with Crippen LogP contribution in [0.1, 0.15) is 6.42 Å². The van der Waals surface area contributed by atoms with E-state index in [1.165, 1.54) is 0 Å². The summed E-state index contributed by atoms with van der Waals surface area (Å²) < 4.78 is 0. The summed E-state index contributed by atoms with van der Waals surface area (Å²) in [6, 6.07) is 8.71. The van der Waals surface area contributed by atoms with Gasteiger partial charge in [-0.25, -0.2) is 12.2 Å². The molecule has 1 aromatic rings. The van der Waals surface area contributed by atoms with E-state index >= 15 is 0 Å². The number of hydrogen-bond acceptors (Lipinski definition) is 1. The van der Waals surface area contributed by atoms with Gasteiger partial charge in [0.1, 0.15) is 5.75 Å². The molecular weight excluding hydrogens is 256 g/mol. The molecule has 0 heterocycles. The topological polar surface area (TPSA) is 20.2 Å². The summed E-state index contributed by atoms with van der Waals surface area (Å²) in [4.78, 5) is 0. The van der Waals surface area contributed by atoms with Crippen LogP contribution in [0, 0.1) is 43.2 Å². The van der Waals surface area contributed by atoms with Crippen molar-refractivity contribution in [3.8, 4) is 5.75 Å². The van der Waals surface area contributed by atoms with Gasteiger partial charge in [0.2, 0.25) is 0 Å². The molecule has 2 rings (SSSR count). The molecule has 0 saturated carbocycles. The average molecular weight is 282 g/mol. The van der Waals surface area contributed by atoms with Gasteiger partial charge in [0.25, 0.3) is 0 Å². The standard InChI is InChI=1S/C6H6O.C5H5.5CH3.Ti/c7-6-4-2-1-3-5-6;1-2-4-5-3-1;;;;;;/h1-5,7H;1-3H,4H2;5*1H3;/q;6*-1;. The number of para-hydroxylation sites is 1. The molecule has 1 aromatic carbocycles. The third-order valence-electron chi connectivity index (χ3n) is 1.34. The second-order valence-corrected chi connectivity index (χ2v) is 2.34. The zero-order valence-electron chi connectivity index (χ0n) is 12.3. The monoisotopic (exact) mass is 282 g/mol. The van der Waals surface area contributed by atoms with Crippen molar-refractivity contribution in [3.05, 3.63) is 91.8 Å². The third-order valence-corrected chi connectivity index (χ3v) is 1.34. The summed E-state index contributed by atoms with van der Waals surface area (Å²) in [5, 5.41) is 8.63. The minimum atomic E-state index is 0. The van der Waals surface area contributed by atoms with Gasteiger partial charge in [0, 0.05) is 21.7 Å². The van der Waals surface area contributed by atoms with Crippen molar-refractivity contribution in [1.82, 2.24) is 0 Å². The molecule has 2 heteroatoms. The van der Waals surface area contributed by atoms with E-state index in [9.17, 15) is 0 Å². The minimum Gasteiger partial charge on any atom is -0.508 e. The fraction of sp³-hybridized carbons (Fsp3) is 0.0625. The Balaban J connectivity index is -0.0000000306. The summed E-state index contributed by atoms with van der Waals surface area (Å²) in [6.07, 6.45) is 10.0. The molecule has 0 fully saturated rings. The van der Waals surface area contributed by atoms with Gasteiger partial charge in [-0.1, -0.05) is 18.2 Å². The Morgan fingerprint density at radius 2 is 1.39 bits per heavy atom. The smallest absolute Gasteiger partial charge is 0.115 e. The van der Waals surface area contributed by atoms with E-state index in [1.54, 1.807) is 24.3 Å². The molecular formula is C16H26OTi-6. The molecule has 18 heavy (non-hydrogen) atoms. The molecule has 0 saturated heterocycles. The van der Waals surface area contributed by atoms with Gasteiger partial charge < -0.3 is 42.2 Å². The molecule has 1 N–H and O–H groups in total. The van der Waals surface area contributed by atoms with Crippen molar-refractivity contribution >= 4 is 0 Å². The van der Waals surface area contributed by atoms with Crippen LogP contribution in [0.5, 0.6) is 5.75 Å². The first-order valence-electron chi connectivity index (χ1n) is 3.85. The van der Waals surface area contributed by atoms with Crippen LogP contribution < -0.4 is 0 Å². The van der Waals surface area contributed by atoms with Crippen LogP contribution in [-0.2, 0) is 21.7 Å². The van der Waals surface area contributed by atoms with E-state index in [2.05, 4.69) is 12.2 Å². The summed E-state index contributed by atoms with van der Waals surface area (Å²) in [7, 11) is 0. The number of hydrogen-bond donors (Lipinski definition) is 1. The van der Waals surface area contributed by atoms with Crippen molar-refractivity contribution in [2.45, 2.75) is 6.42 Å². The molecule has 1 nitrogen and oxygen atoms in total. The van der Waals surface area contributed by atoms with Gasteiger partial charge >= 0.3 is 0 Å². The van der Waals surface area contributed by atoms with Crippen LogP contribution >= 0.6 is 0 Å². The van der Waals surface area contributed by atoms with Crippen molar-refractivity contribution < 1.29 is 26.8 Å². The predicted molar refractivity (Wildman–Crippen MR) is 81.7 cm³/mol. The Hall–Kier alpha value is -0.786. The SMILES string of the molecule is Oc1ccccc1.[C-]1=CC=CC1.[CH3-].[CH3-].[CH3-].[CH3-].[CH3-].[Ti]. The summed E-state index contributed by atoms with van der Waals surface area (Å²) >= 11 is 0. The fourth-order valence-electron chi connectivity index (χ4n) is 0.768. The summed E-state index contributed by atoms with van der Waals surface area (Å²) in [5.41, 5.74) is 0. The Kier molecular flexibility index (Phi) is 50.3. The van der Waals surface area contributed by atoms with Crippen LogP contribution in [0.4, 0.5) is 0 Å². The normalized spacial score (nSPS) is 8.22. The first kappa shape index (κ1) is 36.0. The van der Waals surface area contributed by atoms with Gasteiger partial charge in [-0.3, -0.25) is 6.08 Å². The second kappa shape index (κ2) is 25.2. The number of benzene rings is 1. The van der Waals surface area contributed by atoms with Crippen molar-refractivity contribution in [1.29, 1.82) is 0 Å². The van der Waals surface area contributed by atoms with Crippen LogP contribution in [0.15, 0.2) is 48.6 Å². The van der Waals surface area contributed by atoms with Crippen molar-refractivity contribution in [2.75, 3.05) is 0 Å². The van der Waals surface area contributed by atoms with Crippen LogP contribution in [0.2, 0.25) is 0 Å². The van der Waals surface area contributed by atoms with E-state index in [1.807, 2.05) is 18.2 Å². The van der Waals surface area contributed by atoms with Crippen LogP contribution in [-0.4, -0.2) is 5.11 Å². The number of allylic oxidation sites excluding steroid dienone is 4. The second-order valence-electron chi connectivity index (χ2n) is 2.34. The Morgan fingerprint density at radius 3 is 1.56 bits per heavy atom. The molecule has 0 amide bonds. The van der Waals surface area contributed by atoms with Gasteiger partial charge in [-0.05, 0) is 12.1 Å². The molecule has 0 radical (unpaired) electrons. The quantitative estimate of drug-likeness (QED) is 0.527. The summed E-state index contributed by atoms with van der Waals surface area (Å²) in [5.74, 6) is 0.322. The van der Waals surface area contributed by atoms with E-state index < -0.39 is 0 Å². The van der Waals surface area contributed by atoms with Crippen LogP contribution in [0.25, 0.3) is 0 Å². The molecule has 0 aliphatic heterocycles. The van der Waals surface area contributed by atoms with E-state index in [4.69, 9.17) is 5.11 Å².